The number of ether oxygens (including phenoxy) is 3. The number of Topliss-reactive ketones (excluding diaryl/α,β-unsaturated/α-hetero) is 1. The fourth-order valence-corrected chi connectivity index (χ4v) is 3.85. The largest absolute Gasteiger partial charge is 0.490 e. The minimum Gasteiger partial charge on any atom is -0.490 e. The molecule has 1 heterocycles. The summed E-state index contributed by atoms with van der Waals surface area (Å²) in [7, 11) is 0. The zero-order valence-electron chi connectivity index (χ0n) is 20.0. The molecule has 0 spiro atoms. The van der Waals surface area contributed by atoms with Crippen molar-refractivity contribution in [1.82, 2.24) is 5.32 Å². The number of carbonyl (C=O) groups excluding carboxylic acids is 1. The van der Waals surface area contributed by atoms with Crippen LogP contribution < -0.4 is 10.1 Å². The first-order valence-corrected chi connectivity index (χ1v) is 11.9. The molecule has 6 atom stereocenters. The highest BCUT2D eigenvalue weighted by Gasteiger charge is 2.48. The van der Waals surface area contributed by atoms with Crippen LogP contribution in [0.3, 0.4) is 0 Å². The molecule has 2 aromatic carbocycles. The van der Waals surface area contributed by atoms with Crippen molar-refractivity contribution in [1.29, 1.82) is 0 Å². The van der Waals surface area contributed by atoms with Crippen LogP contribution in [0.25, 0.3) is 0 Å². The lowest BCUT2D eigenvalue weighted by molar-refractivity contribution is -0.305. The van der Waals surface area contributed by atoms with Gasteiger partial charge < -0.3 is 40.0 Å². The molecule has 0 aliphatic carbocycles. The number of hydrogen-bond acceptors (Lipinski definition) is 9. The van der Waals surface area contributed by atoms with E-state index in [4.69, 9.17) is 14.2 Å². The molecule has 2 aromatic rings. The molecular weight excluding hydrogens is 470 g/mol. The zero-order chi connectivity index (χ0) is 26.1. The molecule has 0 bridgehead atoms. The van der Waals surface area contributed by atoms with E-state index >= 15 is 0 Å². The number of hydrogen-bond donors (Lipinski definition) is 5. The minimum atomic E-state index is -1.81. The van der Waals surface area contributed by atoms with Crippen LogP contribution in [0.2, 0.25) is 0 Å². The average Bonchev–Trinajstić information content (AvgIpc) is 2.89. The number of aryl methyl sites for hydroxylation is 1. The summed E-state index contributed by atoms with van der Waals surface area (Å²) in [6, 6.07) is 16.5. The number of likely N-dealkylation sites (N-methyl/N-ethyl adjacent to an activating group) is 1. The zero-order valence-corrected chi connectivity index (χ0v) is 20.0. The molecule has 10 nitrogen and oxygen atoms in total. The lowest BCUT2D eigenvalue weighted by Crippen LogP contribution is -2.61. The molecule has 1 aliphatic heterocycles. The van der Waals surface area contributed by atoms with Gasteiger partial charge in [0.15, 0.2) is 18.2 Å². The number of para-hydroxylation sites is 1. The number of nitrogens with one attached hydrogen (secondary N) is 1. The van der Waals surface area contributed by atoms with Gasteiger partial charge in [-0.3, -0.25) is 4.79 Å². The smallest absolute Gasteiger partial charge is 0.335 e. The maximum absolute atomic E-state index is 12.9. The monoisotopic (exact) mass is 503 g/mol. The number of aliphatic carboxylic acids is 1. The highest BCUT2D eigenvalue weighted by atomic mass is 16.7. The van der Waals surface area contributed by atoms with Crippen LogP contribution in [0.5, 0.6) is 5.75 Å². The molecule has 1 aliphatic rings. The first-order valence-electron chi connectivity index (χ1n) is 11.9. The highest BCUT2D eigenvalue weighted by molar-refractivity contribution is 5.98. The van der Waals surface area contributed by atoms with Gasteiger partial charge in [-0.15, -0.1) is 0 Å². The van der Waals surface area contributed by atoms with Gasteiger partial charge in [-0.2, -0.15) is 0 Å². The Labute approximate surface area is 209 Å². The molecule has 1 unspecified atom stereocenters. The van der Waals surface area contributed by atoms with E-state index < -0.39 is 42.8 Å². The number of carboxylic acid groups (broad SMARTS) is 1. The second-order valence-electron chi connectivity index (χ2n) is 8.52. The van der Waals surface area contributed by atoms with Gasteiger partial charge in [0.05, 0.1) is 5.56 Å². The Balaban J connectivity index is 1.66. The number of rotatable bonds is 13. The Bertz CT molecular complexity index is 986. The molecule has 196 valence electrons. The molecule has 0 saturated carbocycles. The summed E-state index contributed by atoms with van der Waals surface area (Å²) in [5.41, 5.74) is 1.48. The van der Waals surface area contributed by atoms with E-state index in [0.29, 0.717) is 30.7 Å². The van der Waals surface area contributed by atoms with Crippen LogP contribution in [0.15, 0.2) is 54.6 Å². The third-order valence-electron chi connectivity index (χ3n) is 5.86. The normalized spacial score (nSPS) is 24.7. The SMILES string of the molecule is CCNCC(COc1ccccc1C(=O)CCc1ccccc1)O[C@@H]1O[C@H](C(=O)O)[C@@H](O)[C@H](O)[C@H]1O. The molecule has 0 radical (unpaired) electrons. The molecule has 36 heavy (non-hydrogen) atoms. The third kappa shape index (κ3) is 7.33. The second kappa shape index (κ2) is 13.4. The Morgan fingerprint density at radius 1 is 1.00 bits per heavy atom. The maximum Gasteiger partial charge on any atom is 0.335 e. The van der Waals surface area contributed by atoms with Crippen LogP contribution >= 0.6 is 0 Å². The van der Waals surface area contributed by atoms with Crippen molar-refractivity contribution < 1.29 is 44.2 Å². The van der Waals surface area contributed by atoms with Crippen molar-refractivity contribution in [3.8, 4) is 5.75 Å². The average molecular weight is 504 g/mol. The van der Waals surface area contributed by atoms with Crippen molar-refractivity contribution in [2.24, 2.45) is 0 Å². The minimum absolute atomic E-state index is 0.0566. The topological polar surface area (TPSA) is 155 Å². The second-order valence-corrected chi connectivity index (χ2v) is 8.52. The Kier molecular flexibility index (Phi) is 10.4. The molecule has 3 rings (SSSR count). The number of carbonyl (C=O) groups is 2. The predicted octanol–water partition coefficient (Wildman–Crippen LogP) is 0.768. The van der Waals surface area contributed by atoms with Crippen LogP contribution in [0.1, 0.15) is 29.3 Å². The maximum atomic E-state index is 12.9. The van der Waals surface area contributed by atoms with Crippen molar-refractivity contribution in [3.05, 3.63) is 65.7 Å². The number of aliphatic hydroxyl groups excluding tert-OH is 3. The van der Waals surface area contributed by atoms with E-state index in [2.05, 4.69) is 5.32 Å². The summed E-state index contributed by atoms with van der Waals surface area (Å²) in [5.74, 6) is -1.21. The quantitative estimate of drug-likeness (QED) is 0.248. The lowest BCUT2D eigenvalue weighted by Gasteiger charge is -2.39. The van der Waals surface area contributed by atoms with Crippen LogP contribution in [0, 0.1) is 0 Å². The number of aliphatic hydroxyl groups is 3. The van der Waals surface area contributed by atoms with Gasteiger partial charge in [-0.25, -0.2) is 4.79 Å². The molecule has 10 heteroatoms. The summed E-state index contributed by atoms with van der Waals surface area (Å²) in [6.45, 7) is 2.68. The Hall–Kier alpha value is -2.86. The summed E-state index contributed by atoms with van der Waals surface area (Å²) in [6.07, 6.45) is -8.38. The van der Waals surface area contributed by atoms with Crippen LogP contribution in [-0.2, 0) is 20.7 Å². The van der Waals surface area contributed by atoms with Gasteiger partial charge in [0, 0.05) is 13.0 Å². The first kappa shape index (κ1) is 27.7. The van der Waals surface area contributed by atoms with Gasteiger partial charge in [0.25, 0.3) is 0 Å². The summed E-state index contributed by atoms with van der Waals surface area (Å²) >= 11 is 0. The van der Waals surface area contributed by atoms with Gasteiger partial charge in [0.1, 0.15) is 36.8 Å². The molecule has 0 aromatic heterocycles. The van der Waals surface area contributed by atoms with Crippen molar-refractivity contribution in [2.45, 2.75) is 56.6 Å². The highest BCUT2D eigenvalue weighted by Crippen LogP contribution is 2.25. The van der Waals surface area contributed by atoms with Gasteiger partial charge in [-0.1, -0.05) is 49.4 Å². The Morgan fingerprint density at radius 2 is 1.69 bits per heavy atom. The molecule has 5 N–H and O–H groups in total. The van der Waals surface area contributed by atoms with Crippen molar-refractivity contribution in [3.63, 3.8) is 0 Å². The van der Waals surface area contributed by atoms with Crippen molar-refractivity contribution in [2.75, 3.05) is 19.7 Å². The van der Waals surface area contributed by atoms with E-state index in [0.717, 1.165) is 5.56 Å². The van der Waals surface area contributed by atoms with Crippen LogP contribution in [0.4, 0.5) is 0 Å². The molecule has 1 fully saturated rings. The first-order chi connectivity index (χ1) is 17.3. The van der Waals surface area contributed by atoms with E-state index in [1.165, 1.54) is 0 Å². The summed E-state index contributed by atoms with van der Waals surface area (Å²) < 4.78 is 16.9. The van der Waals surface area contributed by atoms with E-state index in [1.807, 2.05) is 37.3 Å². The van der Waals surface area contributed by atoms with E-state index in [1.54, 1.807) is 24.3 Å². The standard InChI is InChI=1S/C26H33NO9/c1-2-27-14-17(35-26-23(31)21(29)22(30)24(36-26)25(32)33)15-34-20-11-7-6-10-18(20)19(28)13-12-16-8-4-3-5-9-16/h3-11,17,21-24,26-27,29-31H,2,12-15H2,1H3,(H,32,33)/t17?,21-,22-,23+,24-,26+/m0/s1. The number of benzene rings is 2. The third-order valence-corrected chi connectivity index (χ3v) is 5.86. The van der Waals surface area contributed by atoms with Gasteiger partial charge in [-0.05, 0) is 30.7 Å². The Morgan fingerprint density at radius 3 is 2.39 bits per heavy atom. The molecular formula is C26H33NO9. The summed E-state index contributed by atoms with van der Waals surface area (Å²) in [5, 5.41) is 42.6. The molecule has 0 amide bonds. The fraction of sp³-hybridized carbons (Fsp3) is 0.462. The van der Waals surface area contributed by atoms with Gasteiger partial charge in [0.2, 0.25) is 0 Å². The molecule has 1 saturated heterocycles. The number of carboxylic acids is 1. The van der Waals surface area contributed by atoms with Crippen molar-refractivity contribution >= 4 is 11.8 Å². The van der Waals surface area contributed by atoms with Crippen LogP contribution in [-0.4, -0.2) is 88.7 Å². The fourth-order valence-electron chi connectivity index (χ4n) is 3.85. The van der Waals surface area contributed by atoms with E-state index in [9.17, 15) is 30.0 Å². The lowest BCUT2D eigenvalue weighted by atomic mass is 9.99. The van der Waals surface area contributed by atoms with E-state index in [-0.39, 0.29) is 18.9 Å². The number of ketones is 1. The van der Waals surface area contributed by atoms with Gasteiger partial charge >= 0.3 is 5.97 Å². The predicted molar refractivity (Wildman–Crippen MR) is 129 cm³/mol. The summed E-state index contributed by atoms with van der Waals surface area (Å²) in [4.78, 5) is 24.3.